The number of rotatable bonds is 10. The average Bonchev–Trinajstić information content (AvgIpc) is 2.24. The summed E-state index contributed by atoms with van der Waals surface area (Å²) < 4.78 is 0. The Morgan fingerprint density at radius 1 is 0.688 bits per heavy atom. The largest absolute Gasteiger partial charge is 0.0654 e. The molecule has 0 spiro atoms. The van der Waals surface area contributed by atoms with E-state index in [1.807, 2.05) is 0 Å². The van der Waals surface area contributed by atoms with E-state index in [-0.39, 0.29) is 0 Å². The van der Waals surface area contributed by atoms with Gasteiger partial charge in [0, 0.05) is 0 Å². The van der Waals surface area contributed by atoms with Gasteiger partial charge in [-0.2, -0.15) is 0 Å². The van der Waals surface area contributed by atoms with Gasteiger partial charge in [-0.15, -0.1) is 0 Å². The highest BCUT2D eigenvalue weighted by molar-refractivity contribution is 4.67. The van der Waals surface area contributed by atoms with Gasteiger partial charge in [-0.3, -0.25) is 0 Å². The van der Waals surface area contributed by atoms with Crippen LogP contribution in [0.5, 0.6) is 0 Å². The molecule has 2 unspecified atom stereocenters. The van der Waals surface area contributed by atoms with Crippen LogP contribution in [-0.2, 0) is 0 Å². The molecule has 2 atom stereocenters. The molecule has 0 N–H and O–H groups in total. The molecular weight excluding hydrogens is 192 g/mol. The first-order valence-corrected chi connectivity index (χ1v) is 7.61. The summed E-state index contributed by atoms with van der Waals surface area (Å²) in [5, 5.41) is 0. The molecule has 0 fully saturated rings. The Labute approximate surface area is 104 Å². The molecule has 0 aliphatic carbocycles. The molecule has 0 saturated carbocycles. The molecule has 16 heavy (non-hydrogen) atoms. The second kappa shape index (κ2) is 10.2. The highest BCUT2D eigenvalue weighted by atomic mass is 14.2. The predicted octanol–water partition coefficient (Wildman–Crippen LogP) is 6.06. The molecule has 0 saturated heterocycles. The second-order valence-corrected chi connectivity index (χ2v) is 5.99. The van der Waals surface area contributed by atoms with Gasteiger partial charge in [0.25, 0.3) is 0 Å². The third kappa shape index (κ3) is 8.19. The minimum Gasteiger partial charge on any atom is -0.0654 e. The summed E-state index contributed by atoms with van der Waals surface area (Å²) in [5.41, 5.74) is 0. The van der Waals surface area contributed by atoms with Gasteiger partial charge in [0.15, 0.2) is 0 Å². The van der Waals surface area contributed by atoms with Crippen LogP contribution < -0.4 is 0 Å². The van der Waals surface area contributed by atoms with Crippen LogP contribution in [0.4, 0.5) is 0 Å². The summed E-state index contributed by atoms with van der Waals surface area (Å²) in [7, 11) is 0. The van der Waals surface area contributed by atoms with E-state index in [9.17, 15) is 0 Å². The van der Waals surface area contributed by atoms with Gasteiger partial charge in [-0.25, -0.2) is 0 Å². The molecule has 0 rings (SSSR count). The molecule has 0 aromatic rings. The molecule has 98 valence electrons. The molecule has 0 aromatic heterocycles. The van der Waals surface area contributed by atoms with Crippen molar-refractivity contribution < 1.29 is 0 Å². The lowest BCUT2D eigenvalue weighted by atomic mass is 9.82. The zero-order valence-electron chi connectivity index (χ0n) is 12.4. The Kier molecular flexibility index (Phi) is 10.2. The maximum atomic E-state index is 2.48. The standard InChI is InChI=1S/C16H34/c1-6-8-12-15(5)16(10-7-2)13-9-11-14(3)4/h14-16H,6-13H2,1-5H3. The SMILES string of the molecule is CCCCC(C)C(CCC)CCCC(C)C. The van der Waals surface area contributed by atoms with Crippen molar-refractivity contribution in [2.24, 2.45) is 17.8 Å². The average molecular weight is 226 g/mol. The summed E-state index contributed by atoms with van der Waals surface area (Å²) in [6, 6.07) is 0. The zero-order valence-corrected chi connectivity index (χ0v) is 12.4. The van der Waals surface area contributed by atoms with E-state index in [2.05, 4.69) is 34.6 Å². The lowest BCUT2D eigenvalue weighted by Crippen LogP contribution is -2.12. The molecule has 0 aromatic carbocycles. The number of hydrogen-bond acceptors (Lipinski definition) is 0. The molecule has 0 aliphatic heterocycles. The van der Waals surface area contributed by atoms with Crippen molar-refractivity contribution in [2.75, 3.05) is 0 Å². The van der Waals surface area contributed by atoms with Crippen LogP contribution in [0, 0.1) is 17.8 Å². The highest BCUT2D eigenvalue weighted by Gasteiger charge is 2.15. The summed E-state index contributed by atoms with van der Waals surface area (Å²) in [6.07, 6.45) is 11.4. The highest BCUT2D eigenvalue weighted by Crippen LogP contribution is 2.28. The van der Waals surface area contributed by atoms with E-state index in [0.29, 0.717) is 0 Å². The van der Waals surface area contributed by atoms with Crippen molar-refractivity contribution in [3.05, 3.63) is 0 Å². The van der Waals surface area contributed by atoms with Crippen LogP contribution in [0.3, 0.4) is 0 Å². The van der Waals surface area contributed by atoms with Gasteiger partial charge >= 0.3 is 0 Å². The number of unbranched alkanes of at least 4 members (excludes halogenated alkanes) is 1. The molecule has 0 heteroatoms. The lowest BCUT2D eigenvalue weighted by molar-refractivity contribution is 0.279. The Balaban J connectivity index is 3.84. The van der Waals surface area contributed by atoms with Gasteiger partial charge < -0.3 is 0 Å². The fourth-order valence-corrected chi connectivity index (χ4v) is 2.63. The molecule has 0 aliphatic rings. The summed E-state index contributed by atoms with van der Waals surface area (Å²) in [5.74, 6) is 2.83. The Morgan fingerprint density at radius 2 is 1.38 bits per heavy atom. The first kappa shape index (κ1) is 16.0. The van der Waals surface area contributed by atoms with Crippen LogP contribution in [0.25, 0.3) is 0 Å². The third-order valence-corrected chi connectivity index (χ3v) is 3.83. The van der Waals surface area contributed by atoms with E-state index in [4.69, 9.17) is 0 Å². The van der Waals surface area contributed by atoms with Crippen LogP contribution in [-0.4, -0.2) is 0 Å². The Morgan fingerprint density at radius 3 is 1.88 bits per heavy atom. The van der Waals surface area contributed by atoms with E-state index in [1.54, 1.807) is 0 Å². The van der Waals surface area contributed by atoms with Crippen molar-refractivity contribution in [1.82, 2.24) is 0 Å². The second-order valence-electron chi connectivity index (χ2n) is 5.99. The van der Waals surface area contributed by atoms with E-state index in [1.165, 1.54) is 51.4 Å². The normalized spacial score (nSPS) is 15.4. The van der Waals surface area contributed by atoms with Crippen molar-refractivity contribution in [1.29, 1.82) is 0 Å². The quantitative estimate of drug-likeness (QED) is 0.425. The molecule has 0 bridgehead atoms. The summed E-state index contributed by atoms with van der Waals surface area (Å²) in [6.45, 7) is 11.8. The fraction of sp³-hybridized carbons (Fsp3) is 1.00. The predicted molar refractivity (Wildman–Crippen MR) is 75.8 cm³/mol. The van der Waals surface area contributed by atoms with Gasteiger partial charge in [0.2, 0.25) is 0 Å². The summed E-state index contributed by atoms with van der Waals surface area (Å²) in [4.78, 5) is 0. The summed E-state index contributed by atoms with van der Waals surface area (Å²) >= 11 is 0. The van der Waals surface area contributed by atoms with Crippen molar-refractivity contribution in [3.63, 3.8) is 0 Å². The van der Waals surface area contributed by atoms with E-state index < -0.39 is 0 Å². The smallest absolute Gasteiger partial charge is 0.0389 e. The molecule has 0 nitrogen and oxygen atoms in total. The Bertz CT molecular complexity index is 137. The topological polar surface area (TPSA) is 0 Å². The van der Waals surface area contributed by atoms with Crippen LogP contribution in [0.1, 0.15) is 86.0 Å². The van der Waals surface area contributed by atoms with E-state index >= 15 is 0 Å². The zero-order chi connectivity index (χ0) is 12.4. The first-order chi connectivity index (χ1) is 7.61. The number of hydrogen-bond donors (Lipinski definition) is 0. The van der Waals surface area contributed by atoms with Gasteiger partial charge in [-0.05, 0) is 17.8 Å². The fourth-order valence-electron chi connectivity index (χ4n) is 2.63. The minimum absolute atomic E-state index is 0.883. The molecule has 0 heterocycles. The molecule has 0 amide bonds. The monoisotopic (exact) mass is 226 g/mol. The Hall–Kier alpha value is 0. The first-order valence-electron chi connectivity index (χ1n) is 7.61. The van der Waals surface area contributed by atoms with Crippen molar-refractivity contribution >= 4 is 0 Å². The van der Waals surface area contributed by atoms with E-state index in [0.717, 1.165) is 17.8 Å². The van der Waals surface area contributed by atoms with Gasteiger partial charge in [-0.1, -0.05) is 86.0 Å². The van der Waals surface area contributed by atoms with Gasteiger partial charge in [0.05, 0.1) is 0 Å². The minimum atomic E-state index is 0.883. The van der Waals surface area contributed by atoms with Crippen LogP contribution in [0.15, 0.2) is 0 Å². The molecule has 0 radical (unpaired) electrons. The third-order valence-electron chi connectivity index (χ3n) is 3.83. The maximum Gasteiger partial charge on any atom is -0.0389 e. The van der Waals surface area contributed by atoms with Crippen LogP contribution in [0.2, 0.25) is 0 Å². The molecular formula is C16H34. The van der Waals surface area contributed by atoms with Crippen molar-refractivity contribution in [2.45, 2.75) is 86.0 Å². The van der Waals surface area contributed by atoms with Crippen LogP contribution >= 0.6 is 0 Å². The van der Waals surface area contributed by atoms with Gasteiger partial charge in [0.1, 0.15) is 0 Å². The maximum absolute atomic E-state index is 2.48. The lowest BCUT2D eigenvalue weighted by Gasteiger charge is -2.24. The van der Waals surface area contributed by atoms with Crippen molar-refractivity contribution in [3.8, 4) is 0 Å².